The van der Waals surface area contributed by atoms with Crippen LogP contribution in [0.1, 0.15) is 29.4 Å². The first-order valence-electron chi connectivity index (χ1n) is 8.19. The Labute approximate surface area is 158 Å². The van der Waals surface area contributed by atoms with Crippen LogP contribution in [0.5, 0.6) is 5.75 Å². The van der Waals surface area contributed by atoms with Crippen molar-refractivity contribution in [3.63, 3.8) is 0 Å². The zero-order chi connectivity index (χ0) is 17.0. The monoisotopic (exact) mass is 381 g/mol. The smallest absolute Gasteiger partial charge is 0.263 e. The number of halogens is 1. The Morgan fingerprint density at radius 3 is 2.64 bits per heavy atom. The fraction of sp³-hybridized carbons (Fsp3) is 0.444. The summed E-state index contributed by atoms with van der Waals surface area (Å²) in [5.41, 5.74) is 1.18. The van der Waals surface area contributed by atoms with Crippen molar-refractivity contribution in [2.75, 3.05) is 26.7 Å². The molecule has 1 saturated heterocycles. The summed E-state index contributed by atoms with van der Waals surface area (Å²) < 4.78 is 5.16. The highest BCUT2D eigenvalue weighted by molar-refractivity contribution is 7.16. The third-order valence-corrected chi connectivity index (χ3v) is 5.60. The number of carbonyl (C=O) groups excluding carboxylic acids is 1. The van der Waals surface area contributed by atoms with E-state index in [-0.39, 0.29) is 23.7 Å². The molecule has 0 atom stereocenters. The molecule has 7 heteroatoms. The normalized spacial score (nSPS) is 15.9. The van der Waals surface area contributed by atoms with Crippen LogP contribution in [0.2, 0.25) is 0 Å². The van der Waals surface area contributed by atoms with E-state index in [0.29, 0.717) is 11.4 Å². The minimum Gasteiger partial charge on any atom is -0.497 e. The van der Waals surface area contributed by atoms with Crippen molar-refractivity contribution in [2.45, 2.75) is 19.8 Å². The standard InChI is InChI=1S/C18H23N3O2S.ClH/c1-18(7-9-19-10-8-18)12-21-16(22)15-11-20-17(24-15)13-3-5-14(23-2)6-4-13;/h3-6,11,19H,7-10,12H2,1-2H3,(H,21,22);1H. The summed E-state index contributed by atoms with van der Waals surface area (Å²) in [6.07, 6.45) is 3.84. The van der Waals surface area contributed by atoms with Crippen molar-refractivity contribution in [1.29, 1.82) is 0 Å². The van der Waals surface area contributed by atoms with Crippen LogP contribution < -0.4 is 15.4 Å². The summed E-state index contributed by atoms with van der Waals surface area (Å²) in [4.78, 5) is 17.4. The molecule has 1 fully saturated rings. The summed E-state index contributed by atoms with van der Waals surface area (Å²) in [6, 6.07) is 7.70. The SMILES string of the molecule is COc1ccc(-c2ncc(C(=O)NCC3(C)CCNCC3)s2)cc1.Cl. The lowest BCUT2D eigenvalue weighted by atomic mass is 9.81. The quantitative estimate of drug-likeness (QED) is 0.833. The molecule has 1 aliphatic rings. The maximum Gasteiger partial charge on any atom is 0.263 e. The molecule has 0 aliphatic carbocycles. The number of ether oxygens (including phenoxy) is 1. The van der Waals surface area contributed by atoms with E-state index >= 15 is 0 Å². The number of thiazole rings is 1. The van der Waals surface area contributed by atoms with Gasteiger partial charge in [-0.3, -0.25) is 4.79 Å². The molecule has 1 aliphatic heterocycles. The van der Waals surface area contributed by atoms with Crippen molar-refractivity contribution < 1.29 is 9.53 Å². The van der Waals surface area contributed by atoms with Crippen LogP contribution in [-0.2, 0) is 0 Å². The minimum atomic E-state index is -0.0352. The van der Waals surface area contributed by atoms with Crippen LogP contribution in [-0.4, -0.2) is 37.6 Å². The van der Waals surface area contributed by atoms with Gasteiger partial charge in [-0.1, -0.05) is 6.92 Å². The lowest BCUT2D eigenvalue weighted by molar-refractivity contribution is 0.0926. The Hall–Kier alpha value is -1.63. The molecule has 3 rings (SSSR count). The van der Waals surface area contributed by atoms with Crippen LogP contribution in [0.15, 0.2) is 30.5 Å². The molecular formula is C18H24ClN3O2S. The molecule has 0 radical (unpaired) electrons. The molecule has 5 nitrogen and oxygen atoms in total. The fourth-order valence-corrected chi connectivity index (χ4v) is 3.67. The number of hydrogen-bond acceptors (Lipinski definition) is 5. The molecule has 25 heavy (non-hydrogen) atoms. The second kappa shape index (κ2) is 8.65. The van der Waals surface area contributed by atoms with Crippen LogP contribution in [0.4, 0.5) is 0 Å². The fourth-order valence-electron chi connectivity index (χ4n) is 2.83. The van der Waals surface area contributed by atoms with E-state index in [1.807, 2.05) is 24.3 Å². The number of piperidine rings is 1. The lowest BCUT2D eigenvalue weighted by Gasteiger charge is -2.34. The van der Waals surface area contributed by atoms with Crippen LogP contribution in [0, 0.1) is 5.41 Å². The molecule has 0 saturated carbocycles. The van der Waals surface area contributed by atoms with Gasteiger partial charge in [0.1, 0.15) is 15.6 Å². The Balaban J connectivity index is 0.00000225. The van der Waals surface area contributed by atoms with Crippen molar-refractivity contribution in [1.82, 2.24) is 15.6 Å². The number of rotatable bonds is 5. The average molecular weight is 382 g/mol. The molecule has 0 bridgehead atoms. The van der Waals surface area contributed by atoms with Gasteiger partial charge in [0.15, 0.2) is 0 Å². The Kier molecular flexibility index (Phi) is 6.81. The maximum atomic E-state index is 12.4. The first-order valence-corrected chi connectivity index (χ1v) is 9.00. The van der Waals surface area contributed by atoms with Gasteiger partial charge in [0, 0.05) is 12.1 Å². The van der Waals surface area contributed by atoms with E-state index in [1.165, 1.54) is 11.3 Å². The molecule has 2 heterocycles. The summed E-state index contributed by atoms with van der Waals surface area (Å²) in [6.45, 7) is 5.00. The van der Waals surface area contributed by atoms with Gasteiger partial charge in [-0.2, -0.15) is 0 Å². The van der Waals surface area contributed by atoms with E-state index in [9.17, 15) is 4.79 Å². The van der Waals surface area contributed by atoms with E-state index in [4.69, 9.17) is 4.74 Å². The van der Waals surface area contributed by atoms with Gasteiger partial charge >= 0.3 is 0 Å². The van der Waals surface area contributed by atoms with Crippen LogP contribution in [0.3, 0.4) is 0 Å². The summed E-state index contributed by atoms with van der Waals surface area (Å²) in [5, 5.41) is 7.28. The number of hydrogen-bond donors (Lipinski definition) is 2. The highest BCUT2D eigenvalue weighted by atomic mass is 35.5. The van der Waals surface area contributed by atoms with Gasteiger partial charge in [-0.25, -0.2) is 4.98 Å². The number of methoxy groups -OCH3 is 1. The van der Waals surface area contributed by atoms with E-state index in [2.05, 4.69) is 22.5 Å². The minimum absolute atomic E-state index is 0. The Bertz CT molecular complexity index is 697. The molecule has 2 aromatic rings. The summed E-state index contributed by atoms with van der Waals surface area (Å²) in [5.74, 6) is 0.774. The molecule has 0 spiro atoms. The third-order valence-electron chi connectivity index (χ3n) is 4.55. The number of benzene rings is 1. The molecule has 1 amide bonds. The van der Waals surface area contributed by atoms with Gasteiger partial charge in [-0.15, -0.1) is 23.7 Å². The van der Waals surface area contributed by atoms with Gasteiger partial charge in [0.05, 0.1) is 13.3 Å². The van der Waals surface area contributed by atoms with Crippen molar-refractivity contribution in [3.8, 4) is 16.3 Å². The molecule has 1 aromatic carbocycles. The topological polar surface area (TPSA) is 63.2 Å². The van der Waals surface area contributed by atoms with Crippen molar-refractivity contribution in [2.24, 2.45) is 5.41 Å². The molecule has 136 valence electrons. The largest absolute Gasteiger partial charge is 0.497 e. The summed E-state index contributed by atoms with van der Waals surface area (Å²) >= 11 is 1.42. The van der Waals surface area contributed by atoms with Crippen molar-refractivity contribution >= 4 is 29.7 Å². The van der Waals surface area contributed by atoms with Gasteiger partial charge in [-0.05, 0) is 55.6 Å². The first-order chi connectivity index (χ1) is 11.6. The second-order valence-corrected chi connectivity index (χ2v) is 7.53. The number of aromatic nitrogens is 1. The average Bonchev–Trinajstić information content (AvgIpc) is 3.11. The maximum absolute atomic E-state index is 12.4. The summed E-state index contributed by atoms with van der Waals surface area (Å²) in [7, 11) is 1.64. The predicted octanol–water partition coefficient (Wildman–Crippen LogP) is 3.36. The van der Waals surface area contributed by atoms with Gasteiger partial charge in [0.2, 0.25) is 0 Å². The van der Waals surface area contributed by atoms with Crippen molar-refractivity contribution in [3.05, 3.63) is 35.3 Å². The molecule has 1 aromatic heterocycles. The van der Waals surface area contributed by atoms with Crippen LogP contribution in [0.25, 0.3) is 10.6 Å². The van der Waals surface area contributed by atoms with E-state index < -0.39 is 0 Å². The zero-order valence-electron chi connectivity index (χ0n) is 14.5. The Morgan fingerprint density at radius 1 is 1.32 bits per heavy atom. The number of nitrogens with one attached hydrogen (secondary N) is 2. The third kappa shape index (κ3) is 4.93. The lowest BCUT2D eigenvalue weighted by Crippen LogP contribution is -2.42. The highest BCUT2D eigenvalue weighted by Crippen LogP contribution is 2.28. The molecule has 2 N–H and O–H groups in total. The van der Waals surface area contributed by atoms with E-state index in [1.54, 1.807) is 13.3 Å². The zero-order valence-corrected chi connectivity index (χ0v) is 16.1. The van der Waals surface area contributed by atoms with E-state index in [0.717, 1.165) is 42.3 Å². The second-order valence-electron chi connectivity index (χ2n) is 6.50. The Morgan fingerprint density at radius 2 is 2.00 bits per heavy atom. The number of nitrogens with zero attached hydrogens (tertiary/aromatic N) is 1. The number of amides is 1. The molecular weight excluding hydrogens is 358 g/mol. The number of carbonyl (C=O) groups is 1. The highest BCUT2D eigenvalue weighted by Gasteiger charge is 2.27. The first kappa shape index (κ1) is 19.7. The molecule has 0 unspecified atom stereocenters. The predicted molar refractivity (Wildman–Crippen MR) is 104 cm³/mol. The van der Waals surface area contributed by atoms with Gasteiger partial charge in [0.25, 0.3) is 5.91 Å². The van der Waals surface area contributed by atoms with Gasteiger partial charge < -0.3 is 15.4 Å². The van der Waals surface area contributed by atoms with Crippen LogP contribution >= 0.6 is 23.7 Å².